The summed E-state index contributed by atoms with van der Waals surface area (Å²) in [5.41, 5.74) is 1.21. The zero-order valence-electron chi connectivity index (χ0n) is 12.1. The molecule has 3 heteroatoms. The highest BCUT2D eigenvalue weighted by Crippen LogP contribution is 2.28. The molecule has 0 saturated heterocycles. The summed E-state index contributed by atoms with van der Waals surface area (Å²) in [6, 6.07) is 6.62. The van der Waals surface area contributed by atoms with Crippen LogP contribution in [0, 0.1) is 0 Å². The van der Waals surface area contributed by atoms with E-state index in [2.05, 4.69) is 25.2 Å². The molecule has 0 aliphatic heterocycles. The average Bonchev–Trinajstić information content (AvgIpc) is 2.36. The maximum atomic E-state index is 5.69. The smallest absolute Gasteiger partial charge is 0.161 e. The lowest BCUT2D eigenvalue weighted by atomic mass is 10.1. The van der Waals surface area contributed by atoms with Gasteiger partial charge in [0, 0.05) is 12.6 Å². The van der Waals surface area contributed by atoms with E-state index in [-0.39, 0.29) is 6.10 Å². The Bertz CT molecular complexity index is 364. The molecule has 0 saturated carbocycles. The lowest BCUT2D eigenvalue weighted by Crippen LogP contribution is -2.24. The zero-order valence-corrected chi connectivity index (χ0v) is 12.1. The van der Waals surface area contributed by atoms with Gasteiger partial charge in [-0.15, -0.1) is 0 Å². The molecule has 0 spiro atoms. The van der Waals surface area contributed by atoms with Crippen molar-refractivity contribution in [1.82, 2.24) is 5.32 Å². The summed E-state index contributed by atoms with van der Waals surface area (Å²) in [4.78, 5) is 0. The molecular formula is C15H25NO2. The van der Waals surface area contributed by atoms with Crippen molar-refractivity contribution >= 4 is 0 Å². The summed E-state index contributed by atoms with van der Waals surface area (Å²) in [6.45, 7) is 9.24. The molecule has 0 aromatic heterocycles. The van der Waals surface area contributed by atoms with Crippen molar-refractivity contribution in [2.24, 2.45) is 0 Å². The third kappa shape index (κ3) is 4.57. The van der Waals surface area contributed by atoms with Crippen molar-refractivity contribution in [3.8, 4) is 11.5 Å². The van der Waals surface area contributed by atoms with Gasteiger partial charge >= 0.3 is 0 Å². The first-order valence-electron chi connectivity index (χ1n) is 6.63. The Morgan fingerprint density at radius 1 is 1.17 bits per heavy atom. The highest BCUT2D eigenvalue weighted by Gasteiger charge is 2.07. The summed E-state index contributed by atoms with van der Waals surface area (Å²) in [5.74, 6) is 1.60. The van der Waals surface area contributed by atoms with E-state index < -0.39 is 0 Å². The standard InChI is InChI=1S/C15H25NO2/c1-6-12(4)16-10-13-7-8-14(18-11(2)3)15(9-13)17-5/h7-9,11-12,16H,6,10H2,1-5H3/t12-/m0/s1. The predicted molar refractivity (Wildman–Crippen MR) is 75.4 cm³/mol. The summed E-state index contributed by atoms with van der Waals surface area (Å²) in [7, 11) is 1.67. The molecule has 1 aromatic carbocycles. The number of hydrogen-bond donors (Lipinski definition) is 1. The third-order valence-corrected chi connectivity index (χ3v) is 2.86. The van der Waals surface area contributed by atoms with Crippen molar-refractivity contribution in [2.45, 2.75) is 52.8 Å². The van der Waals surface area contributed by atoms with Gasteiger partial charge in [0.25, 0.3) is 0 Å². The van der Waals surface area contributed by atoms with Crippen LogP contribution in [0.2, 0.25) is 0 Å². The molecule has 0 fully saturated rings. The van der Waals surface area contributed by atoms with Gasteiger partial charge < -0.3 is 14.8 Å². The van der Waals surface area contributed by atoms with E-state index in [1.165, 1.54) is 5.56 Å². The number of hydrogen-bond acceptors (Lipinski definition) is 3. The maximum absolute atomic E-state index is 5.69. The molecule has 0 amide bonds. The van der Waals surface area contributed by atoms with Gasteiger partial charge in [-0.05, 0) is 44.9 Å². The predicted octanol–water partition coefficient (Wildman–Crippen LogP) is 3.37. The van der Waals surface area contributed by atoms with E-state index in [9.17, 15) is 0 Å². The second kappa shape index (κ2) is 7.27. The minimum atomic E-state index is 0.156. The molecule has 1 rings (SSSR count). The van der Waals surface area contributed by atoms with Crippen LogP contribution in [0.25, 0.3) is 0 Å². The van der Waals surface area contributed by atoms with E-state index in [0.717, 1.165) is 24.5 Å². The number of benzene rings is 1. The topological polar surface area (TPSA) is 30.5 Å². The number of nitrogens with one attached hydrogen (secondary N) is 1. The second-order valence-electron chi connectivity index (χ2n) is 4.84. The Hall–Kier alpha value is -1.22. The molecule has 102 valence electrons. The quantitative estimate of drug-likeness (QED) is 0.806. The minimum absolute atomic E-state index is 0.156. The summed E-state index contributed by atoms with van der Waals surface area (Å²) in [6.07, 6.45) is 1.29. The monoisotopic (exact) mass is 251 g/mol. The zero-order chi connectivity index (χ0) is 13.5. The van der Waals surface area contributed by atoms with Gasteiger partial charge in [-0.25, -0.2) is 0 Å². The normalized spacial score (nSPS) is 12.6. The largest absolute Gasteiger partial charge is 0.493 e. The fourth-order valence-corrected chi connectivity index (χ4v) is 1.61. The van der Waals surface area contributed by atoms with Crippen LogP contribution in [0.3, 0.4) is 0 Å². The fraction of sp³-hybridized carbons (Fsp3) is 0.600. The van der Waals surface area contributed by atoms with Crippen LogP contribution < -0.4 is 14.8 Å². The maximum Gasteiger partial charge on any atom is 0.161 e. The highest BCUT2D eigenvalue weighted by atomic mass is 16.5. The van der Waals surface area contributed by atoms with E-state index in [1.807, 2.05) is 26.0 Å². The van der Waals surface area contributed by atoms with E-state index in [1.54, 1.807) is 7.11 Å². The Kier molecular flexibility index (Phi) is 5.99. The molecule has 18 heavy (non-hydrogen) atoms. The van der Waals surface area contributed by atoms with Crippen molar-refractivity contribution < 1.29 is 9.47 Å². The molecule has 1 N–H and O–H groups in total. The van der Waals surface area contributed by atoms with Gasteiger partial charge in [0.2, 0.25) is 0 Å². The molecule has 0 unspecified atom stereocenters. The molecule has 0 bridgehead atoms. The minimum Gasteiger partial charge on any atom is -0.493 e. The molecule has 1 atom stereocenters. The Morgan fingerprint density at radius 3 is 2.44 bits per heavy atom. The van der Waals surface area contributed by atoms with Crippen LogP contribution in [0.4, 0.5) is 0 Å². The molecule has 1 aromatic rings. The van der Waals surface area contributed by atoms with E-state index in [4.69, 9.17) is 9.47 Å². The van der Waals surface area contributed by atoms with Gasteiger partial charge in [-0.1, -0.05) is 13.0 Å². The van der Waals surface area contributed by atoms with Crippen LogP contribution in [-0.4, -0.2) is 19.3 Å². The second-order valence-corrected chi connectivity index (χ2v) is 4.84. The van der Waals surface area contributed by atoms with Crippen LogP contribution in [-0.2, 0) is 6.54 Å². The van der Waals surface area contributed by atoms with Crippen LogP contribution in [0.5, 0.6) is 11.5 Å². The molecular weight excluding hydrogens is 226 g/mol. The number of methoxy groups -OCH3 is 1. The Balaban J connectivity index is 2.72. The van der Waals surface area contributed by atoms with Crippen molar-refractivity contribution in [3.05, 3.63) is 23.8 Å². The van der Waals surface area contributed by atoms with Crippen LogP contribution >= 0.6 is 0 Å². The molecule has 0 radical (unpaired) electrons. The van der Waals surface area contributed by atoms with Gasteiger partial charge in [-0.2, -0.15) is 0 Å². The average molecular weight is 251 g/mol. The molecule has 0 aliphatic rings. The molecule has 0 heterocycles. The Labute approximate surface area is 110 Å². The van der Waals surface area contributed by atoms with E-state index in [0.29, 0.717) is 6.04 Å². The van der Waals surface area contributed by atoms with Gasteiger partial charge in [-0.3, -0.25) is 0 Å². The van der Waals surface area contributed by atoms with Crippen molar-refractivity contribution in [1.29, 1.82) is 0 Å². The lowest BCUT2D eigenvalue weighted by Gasteiger charge is -2.16. The lowest BCUT2D eigenvalue weighted by molar-refractivity contribution is 0.230. The fourth-order valence-electron chi connectivity index (χ4n) is 1.61. The highest BCUT2D eigenvalue weighted by molar-refractivity contribution is 5.43. The van der Waals surface area contributed by atoms with Gasteiger partial charge in [0.05, 0.1) is 13.2 Å². The van der Waals surface area contributed by atoms with E-state index >= 15 is 0 Å². The van der Waals surface area contributed by atoms with Gasteiger partial charge in [0.1, 0.15) is 0 Å². The van der Waals surface area contributed by atoms with Gasteiger partial charge in [0.15, 0.2) is 11.5 Å². The molecule has 3 nitrogen and oxygen atoms in total. The van der Waals surface area contributed by atoms with Crippen LogP contribution in [0.15, 0.2) is 18.2 Å². The summed E-state index contributed by atoms with van der Waals surface area (Å²) in [5, 5.41) is 3.46. The number of ether oxygens (including phenoxy) is 2. The first-order chi connectivity index (χ1) is 8.56. The van der Waals surface area contributed by atoms with Crippen molar-refractivity contribution in [3.63, 3.8) is 0 Å². The summed E-state index contributed by atoms with van der Waals surface area (Å²) >= 11 is 0. The van der Waals surface area contributed by atoms with Crippen LogP contribution in [0.1, 0.15) is 39.7 Å². The number of rotatable bonds is 7. The molecule has 0 aliphatic carbocycles. The third-order valence-electron chi connectivity index (χ3n) is 2.86. The Morgan fingerprint density at radius 2 is 1.89 bits per heavy atom. The first kappa shape index (κ1) is 14.8. The summed E-state index contributed by atoms with van der Waals surface area (Å²) < 4.78 is 11.1. The first-order valence-corrected chi connectivity index (χ1v) is 6.63. The SMILES string of the molecule is CC[C@H](C)NCc1ccc(OC(C)C)c(OC)c1. The van der Waals surface area contributed by atoms with Crippen molar-refractivity contribution in [2.75, 3.05) is 7.11 Å².